The highest BCUT2D eigenvalue weighted by Gasteiger charge is 2.32. The van der Waals surface area contributed by atoms with Crippen molar-refractivity contribution in [1.29, 1.82) is 0 Å². The largest absolute Gasteiger partial charge is 0.338 e. The van der Waals surface area contributed by atoms with Gasteiger partial charge in [-0.3, -0.25) is 4.79 Å². The first-order chi connectivity index (χ1) is 9.26. The maximum atomic E-state index is 12.0. The van der Waals surface area contributed by atoms with Crippen LogP contribution in [0.4, 0.5) is 0 Å². The molecule has 0 bridgehead atoms. The first kappa shape index (κ1) is 15.3. The molecule has 1 aliphatic rings. The smallest absolute Gasteiger partial charge is 0.232 e. The molecule has 0 saturated carbocycles. The van der Waals surface area contributed by atoms with E-state index in [4.69, 9.17) is 10.7 Å². The highest BCUT2D eigenvalue weighted by atomic mass is 35.7. The van der Waals surface area contributed by atoms with Crippen LogP contribution in [0.2, 0.25) is 0 Å². The second kappa shape index (κ2) is 5.74. The van der Waals surface area contributed by atoms with Gasteiger partial charge in [0.25, 0.3) is 0 Å². The van der Waals surface area contributed by atoms with E-state index in [9.17, 15) is 13.2 Å². The van der Waals surface area contributed by atoms with E-state index in [0.29, 0.717) is 13.1 Å². The molecule has 110 valence electrons. The lowest BCUT2D eigenvalue weighted by atomic mass is 10.0. The van der Waals surface area contributed by atoms with Crippen molar-refractivity contribution in [2.45, 2.75) is 26.8 Å². The molecule has 1 amide bonds. The minimum absolute atomic E-state index is 0.00188. The third-order valence-corrected chi connectivity index (χ3v) is 4.97. The van der Waals surface area contributed by atoms with Gasteiger partial charge in [0.1, 0.15) is 0 Å². The van der Waals surface area contributed by atoms with Gasteiger partial charge in [0.15, 0.2) is 0 Å². The Kier molecular flexibility index (Phi) is 4.39. The molecule has 1 unspecified atom stereocenters. The molecule has 0 radical (unpaired) electrons. The number of halogens is 1. The van der Waals surface area contributed by atoms with Gasteiger partial charge in [-0.05, 0) is 30.5 Å². The second-order valence-electron chi connectivity index (χ2n) is 5.42. The molecule has 1 heterocycles. The molecule has 1 aliphatic heterocycles. The summed E-state index contributed by atoms with van der Waals surface area (Å²) in [6.45, 7) is 5.03. The SMILES string of the molecule is Cc1cccc(C)c1CN1CC(CS(=O)(=O)Cl)CC1=O. The van der Waals surface area contributed by atoms with Crippen LogP contribution in [0.25, 0.3) is 0 Å². The van der Waals surface area contributed by atoms with Gasteiger partial charge >= 0.3 is 0 Å². The van der Waals surface area contributed by atoms with Crippen LogP contribution in [0, 0.1) is 19.8 Å². The molecule has 20 heavy (non-hydrogen) atoms. The molecule has 1 aromatic rings. The number of rotatable bonds is 4. The average molecular weight is 316 g/mol. The summed E-state index contributed by atoms with van der Waals surface area (Å²) in [6, 6.07) is 6.02. The third-order valence-electron chi connectivity index (χ3n) is 3.72. The summed E-state index contributed by atoms with van der Waals surface area (Å²) in [5.74, 6) is -0.337. The highest BCUT2D eigenvalue weighted by Crippen LogP contribution is 2.24. The number of carbonyl (C=O) groups is 1. The lowest BCUT2D eigenvalue weighted by Crippen LogP contribution is -2.26. The van der Waals surface area contributed by atoms with Crippen LogP contribution < -0.4 is 0 Å². The Balaban J connectivity index is 2.10. The van der Waals surface area contributed by atoms with Crippen molar-refractivity contribution in [3.63, 3.8) is 0 Å². The Labute approximate surface area is 124 Å². The molecular formula is C14H18ClNO3S. The minimum atomic E-state index is -3.55. The summed E-state index contributed by atoms with van der Waals surface area (Å²) in [5, 5.41) is 0. The minimum Gasteiger partial charge on any atom is -0.338 e. The van der Waals surface area contributed by atoms with Gasteiger partial charge in [-0.2, -0.15) is 0 Å². The molecule has 1 fully saturated rings. The monoisotopic (exact) mass is 315 g/mol. The second-order valence-corrected chi connectivity index (χ2v) is 8.24. The molecule has 6 heteroatoms. The van der Waals surface area contributed by atoms with Crippen molar-refractivity contribution in [3.8, 4) is 0 Å². The fraction of sp³-hybridized carbons (Fsp3) is 0.500. The van der Waals surface area contributed by atoms with Gasteiger partial charge in [0, 0.05) is 36.1 Å². The van der Waals surface area contributed by atoms with Gasteiger partial charge in [-0.25, -0.2) is 8.42 Å². The summed E-state index contributed by atoms with van der Waals surface area (Å²) >= 11 is 0. The van der Waals surface area contributed by atoms with E-state index < -0.39 is 9.05 Å². The zero-order valence-corrected chi connectivity index (χ0v) is 13.2. The van der Waals surface area contributed by atoms with Crippen LogP contribution in [0.1, 0.15) is 23.1 Å². The predicted octanol–water partition coefficient (Wildman–Crippen LogP) is 2.22. The normalized spacial score (nSPS) is 19.6. The van der Waals surface area contributed by atoms with Crippen LogP contribution in [0.5, 0.6) is 0 Å². The number of benzene rings is 1. The third kappa shape index (κ3) is 3.73. The topological polar surface area (TPSA) is 54.5 Å². The summed E-state index contributed by atoms with van der Waals surface area (Å²) in [5.41, 5.74) is 3.42. The van der Waals surface area contributed by atoms with Crippen molar-refractivity contribution < 1.29 is 13.2 Å². The van der Waals surface area contributed by atoms with E-state index >= 15 is 0 Å². The lowest BCUT2D eigenvalue weighted by molar-refractivity contribution is -0.128. The zero-order chi connectivity index (χ0) is 14.9. The zero-order valence-electron chi connectivity index (χ0n) is 11.6. The molecule has 0 aliphatic carbocycles. The fourth-order valence-electron chi connectivity index (χ4n) is 2.69. The Bertz CT molecular complexity index is 607. The molecule has 0 aromatic heterocycles. The molecule has 0 spiro atoms. The first-order valence-corrected chi connectivity index (χ1v) is 8.99. The van der Waals surface area contributed by atoms with Crippen LogP contribution in [-0.2, 0) is 20.4 Å². The van der Waals surface area contributed by atoms with Crippen LogP contribution in [0.3, 0.4) is 0 Å². The van der Waals surface area contributed by atoms with Gasteiger partial charge in [0.05, 0.1) is 5.75 Å². The number of nitrogens with zero attached hydrogens (tertiary/aromatic N) is 1. The van der Waals surface area contributed by atoms with Gasteiger partial charge in [-0.15, -0.1) is 0 Å². The van der Waals surface area contributed by atoms with Crippen molar-refractivity contribution in [3.05, 3.63) is 34.9 Å². The maximum absolute atomic E-state index is 12.0. The Hall–Kier alpha value is -1.07. The summed E-state index contributed by atoms with van der Waals surface area (Å²) in [6.07, 6.45) is 0.261. The van der Waals surface area contributed by atoms with Crippen LogP contribution in [-0.4, -0.2) is 31.5 Å². The number of hydrogen-bond donors (Lipinski definition) is 0. The van der Waals surface area contributed by atoms with E-state index in [2.05, 4.69) is 0 Å². The van der Waals surface area contributed by atoms with Crippen LogP contribution >= 0.6 is 10.7 Å². The van der Waals surface area contributed by atoms with E-state index in [0.717, 1.165) is 16.7 Å². The highest BCUT2D eigenvalue weighted by molar-refractivity contribution is 8.13. The molecule has 2 rings (SSSR count). The summed E-state index contributed by atoms with van der Waals surface area (Å²) < 4.78 is 22.2. The quantitative estimate of drug-likeness (QED) is 0.801. The molecule has 1 atom stereocenters. The van der Waals surface area contributed by atoms with Gasteiger partial charge < -0.3 is 4.90 Å². The molecule has 0 N–H and O–H groups in total. The van der Waals surface area contributed by atoms with Crippen molar-refractivity contribution in [2.24, 2.45) is 5.92 Å². The standard InChI is InChI=1S/C14H18ClNO3S/c1-10-4-3-5-11(2)13(10)8-16-7-12(6-14(16)17)9-20(15,18)19/h3-5,12H,6-9H2,1-2H3. The predicted molar refractivity (Wildman–Crippen MR) is 79.1 cm³/mol. The summed E-state index contributed by atoms with van der Waals surface area (Å²) in [4.78, 5) is 13.7. The van der Waals surface area contributed by atoms with E-state index in [1.54, 1.807) is 4.90 Å². The molecule has 1 aromatic carbocycles. The van der Waals surface area contributed by atoms with Gasteiger partial charge in [-0.1, -0.05) is 18.2 Å². The Morgan fingerprint density at radius 2 is 1.90 bits per heavy atom. The van der Waals surface area contributed by atoms with Crippen molar-refractivity contribution in [1.82, 2.24) is 4.90 Å². The fourth-order valence-corrected chi connectivity index (χ4v) is 4.01. The number of carbonyl (C=O) groups excluding carboxylic acids is 1. The molecule has 4 nitrogen and oxygen atoms in total. The van der Waals surface area contributed by atoms with Crippen LogP contribution in [0.15, 0.2) is 18.2 Å². The van der Waals surface area contributed by atoms with E-state index in [1.807, 2.05) is 32.0 Å². The number of amides is 1. The number of likely N-dealkylation sites (tertiary alicyclic amines) is 1. The molecular weight excluding hydrogens is 298 g/mol. The van der Waals surface area contributed by atoms with E-state index in [1.165, 1.54) is 0 Å². The maximum Gasteiger partial charge on any atom is 0.232 e. The number of aryl methyl sites for hydroxylation is 2. The van der Waals surface area contributed by atoms with Crippen molar-refractivity contribution in [2.75, 3.05) is 12.3 Å². The average Bonchev–Trinajstić information content (AvgIpc) is 2.62. The molecule has 1 saturated heterocycles. The van der Waals surface area contributed by atoms with Gasteiger partial charge in [0.2, 0.25) is 15.0 Å². The lowest BCUT2D eigenvalue weighted by Gasteiger charge is -2.19. The van der Waals surface area contributed by atoms with E-state index in [-0.39, 0.29) is 24.0 Å². The number of hydrogen-bond acceptors (Lipinski definition) is 3. The summed E-state index contributed by atoms with van der Waals surface area (Å²) in [7, 11) is 1.71. The Morgan fingerprint density at radius 3 is 2.45 bits per heavy atom. The van der Waals surface area contributed by atoms with Crippen molar-refractivity contribution >= 4 is 25.6 Å². The first-order valence-electron chi connectivity index (χ1n) is 6.51. The Morgan fingerprint density at radius 1 is 1.30 bits per heavy atom.